The fourth-order valence-corrected chi connectivity index (χ4v) is 5.75. The normalized spacial score (nSPS) is 17.3. The van der Waals surface area contributed by atoms with Gasteiger partial charge in [-0.1, -0.05) is 52.8 Å². The fourth-order valence-electron chi connectivity index (χ4n) is 5.75. The Balaban J connectivity index is 1.65. The summed E-state index contributed by atoms with van der Waals surface area (Å²) in [6.07, 6.45) is 3.51. The summed E-state index contributed by atoms with van der Waals surface area (Å²) in [6, 6.07) is 18.4. The average molecular weight is 515 g/mol. The highest BCUT2D eigenvalue weighted by Crippen LogP contribution is 2.42. The number of methoxy groups -OCH3 is 1. The first-order valence-corrected chi connectivity index (χ1v) is 12.9. The fraction of sp³-hybridized carbons (Fsp3) is 0.367. The van der Waals surface area contributed by atoms with E-state index in [1.165, 1.54) is 10.2 Å². The van der Waals surface area contributed by atoms with Crippen LogP contribution in [0.1, 0.15) is 48.0 Å². The Bertz CT molecular complexity index is 1700. The summed E-state index contributed by atoms with van der Waals surface area (Å²) in [5.41, 5.74) is 4.66. The number of ether oxygens (including phenoxy) is 2. The average Bonchev–Trinajstić information content (AvgIpc) is 3.45. The minimum absolute atomic E-state index is 0.0306. The predicted molar refractivity (Wildman–Crippen MR) is 147 cm³/mol. The van der Waals surface area contributed by atoms with Crippen LogP contribution in [-0.4, -0.2) is 49.9 Å². The highest BCUT2D eigenvalue weighted by Gasteiger charge is 2.31. The van der Waals surface area contributed by atoms with Crippen LogP contribution >= 0.6 is 0 Å². The zero-order valence-electron chi connectivity index (χ0n) is 24.8. The van der Waals surface area contributed by atoms with Crippen molar-refractivity contribution in [2.24, 2.45) is 13.0 Å². The lowest BCUT2D eigenvalue weighted by Gasteiger charge is -2.33. The monoisotopic (exact) mass is 514 g/mol. The van der Waals surface area contributed by atoms with Crippen molar-refractivity contribution in [1.82, 2.24) is 24.5 Å². The van der Waals surface area contributed by atoms with E-state index in [9.17, 15) is 5.11 Å². The maximum Gasteiger partial charge on any atom is 0.261 e. The van der Waals surface area contributed by atoms with Crippen LogP contribution in [0.2, 0.25) is 0 Å². The molecule has 1 N–H and O–H groups in total. The first-order chi connectivity index (χ1) is 19.5. The molecule has 1 atom stereocenters. The molecule has 38 heavy (non-hydrogen) atoms. The Morgan fingerprint density at radius 3 is 2.63 bits per heavy atom. The Morgan fingerprint density at radius 1 is 1.11 bits per heavy atom. The molecule has 6 rings (SSSR count). The lowest BCUT2D eigenvalue weighted by molar-refractivity contribution is 0.0552. The molecule has 196 valence electrons. The van der Waals surface area contributed by atoms with E-state index in [-0.39, 0.29) is 11.9 Å². The minimum atomic E-state index is -2.67. The Labute approximate surface area is 226 Å². The van der Waals surface area contributed by atoms with E-state index < -0.39 is 12.6 Å². The molecule has 0 amide bonds. The van der Waals surface area contributed by atoms with Gasteiger partial charge >= 0.3 is 0 Å². The van der Waals surface area contributed by atoms with Crippen molar-refractivity contribution in [2.75, 3.05) is 20.3 Å². The van der Waals surface area contributed by atoms with Gasteiger partial charge in [-0.3, -0.25) is 4.98 Å². The molecular weight excluding hydrogens is 478 g/mol. The number of rotatable bonds is 6. The predicted octanol–water partition coefficient (Wildman–Crippen LogP) is 5.24. The second kappa shape index (κ2) is 9.53. The van der Waals surface area contributed by atoms with Crippen molar-refractivity contribution in [2.45, 2.75) is 38.3 Å². The zero-order valence-corrected chi connectivity index (χ0v) is 21.8. The number of aliphatic hydroxyl groups is 1. The van der Waals surface area contributed by atoms with Crippen LogP contribution in [0.3, 0.4) is 0 Å². The third-order valence-electron chi connectivity index (χ3n) is 7.64. The maximum atomic E-state index is 10.9. The van der Waals surface area contributed by atoms with Crippen LogP contribution in [0.5, 0.6) is 5.88 Å². The summed E-state index contributed by atoms with van der Waals surface area (Å²) in [4.78, 5) is 4.90. The van der Waals surface area contributed by atoms with Crippen molar-refractivity contribution >= 4 is 21.9 Å². The molecule has 3 aromatic heterocycles. The van der Waals surface area contributed by atoms with Crippen LogP contribution in [0.15, 0.2) is 60.8 Å². The smallest absolute Gasteiger partial charge is 0.261 e. The summed E-state index contributed by atoms with van der Waals surface area (Å²) >= 11 is 0. The molecule has 0 radical (unpaired) electrons. The number of hydrogen-bond donors (Lipinski definition) is 1. The van der Waals surface area contributed by atoms with Crippen LogP contribution in [0.4, 0.5) is 0 Å². The lowest BCUT2D eigenvalue weighted by atomic mass is 9.86. The van der Waals surface area contributed by atoms with Crippen LogP contribution in [0.25, 0.3) is 33.2 Å². The van der Waals surface area contributed by atoms with Gasteiger partial charge in [0, 0.05) is 37.4 Å². The number of aromatic nitrogens is 5. The molecule has 4 heterocycles. The van der Waals surface area contributed by atoms with E-state index in [0.29, 0.717) is 30.4 Å². The molecule has 1 fully saturated rings. The van der Waals surface area contributed by atoms with E-state index in [0.717, 1.165) is 40.3 Å². The van der Waals surface area contributed by atoms with E-state index in [4.69, 9.17) is 18.6 Å². The summed E-state index contributed by atoms with van der Waals surface area (Å²) < 4.78 is 37.6. The minimum Gasteiger partial charge on any atom is -0.478 e. The topological polar surface area (TPSA) is 87.2 Å². The van der Waals surface area contributed by atoms with E-state index in [1.54, 1.807) is 27.1 Å². The highest BCUT2D eigenvalue weighted by molar-refractivity contribution is 6.07. The van der Waals surface area contributed by atoms with Gasteiger partial charge < -0.3 is 19.1 Å². The van der Waals surface area contributed by atoms with Gasteiger partial charge in [-0.2, -0.15) is 0 Å². The molecular formula is C30H33N5O3. The number of nitrogens with zero attached hydrogens (tertiary/aromatic N) is 5. The van der Waals surface area contributed by atoms with Crippen LogP contribution in [-0.2, 0) is 17.4 Å². The molecule has 0 spiro atoms. The third kappa shape index (κ3) is 4.14. The number of pyridine rings is 1. The molecule has 1 aliphatic heterocycles. The van der Waals surface area contributed by atoms with Gasteiger partial charge in [0.15, 0.2) is 0 Å². The van der Waals surface area contributed by atoms with Gasteiger partial charge in [0.2, 0.25) is 0 Å². The molecule has 0 saturated carbocycles. The largest absolute Gasteiger partial charge is 0.478 e. The van der Waals surface area contributed by atoms with Gasteiger partial charge in [0.1, 0.15) is 5.69 Å². The van der Waals surface area contributed by atoms with Gasteiger partial charge in [0.25, 0.3) is 5.88 Å². The maximum absolute atomic E-state index is 10.9. The highest BCUT2D eigenvalue weighted by atomic mass is 16.5. The zero-order chi connectivity index (χ0) is 28.9. The summed E-state index contributed by atoms with van der Waals surface area (Å²) in [6.45, 7) is 4.96. The van der Waals surface area contributed by atoms with Gasteiger partial charge in [-0.25, -0.2) is 4.68 Å². The van der Waals surface area contributed by atoms with E-state index >= 15 is 0 Å². The Hall–Kier alpha value is -3.75. The van der Waals surface area contributed by atoms with Crippen LogP contribution in [0, 0.1) is 5.92 Å². The van der Waals surface area contributed by atoms with E-state index in [2.05, 4.69) is 45.2 Å². The lowest BCUT2D eigenvalue weighted by Crippen LogP contribution is -2.27. The molecule has 8 heteroatoms. The van der Waals surface area contributed by atoms with Crippen LogP contribution < -0.4 is 4.74 Å². The molecule has 1 saturated heterocycles. The first-order valence-electron chi connectivity index (χ1n) is 14.4. The third-order valence-corrected chi connectivity index (χ3v) is 7.64. The quantitative estimate of drug-likeness (QED) is 0.334. The number of benzene rings is 2. The molecule has 2 aromatic carbocycles. The standard InChI is InChI=1S/C30H33N5O3/c1-30(2,36)22-10-11-23-24(17-22)35(27(19-8-6-5-7-9-19)20-12-14-38-15-13-20)25-16-21(18-31-26(23)25)28-29(37-4)32-33-34(28)3/h5-11,16-18,20,27,36H,12-15H2,1-4H3/t27-/m1/s1/i4D3. The molecule has 0 bridgehead atoms. The number of fused-ring (bicyclic) bond motifs is 3. The number of aryl methyl sites for hydroxylation is 1. The number of hydrogen-bond acceptors (Lipinski definition) is 6. The van der Waals surface area contributed by atoms with Crippen molar-refractivity contribution in [3.63, 3.8) is 0 Å². The SMILES string of the molecule is [2H]C([2H])([2H])Oc1nnn(C)c1-c1cnc2c3ccc(C(C)(C)O)cc3n([C@H](c3ccccc3)C3CCOCC3)c2c1. The first kappa shape index (κ1) is 21.2. The second-order valence-electron chi connectivity index (χ2n) is 10.5. The van der Waals surface area contributed by atoms with Gasteiger partial charge in [0.05, 0.1) is 39.3 Å². The summed E-state index contributed by atoms with van der Waals surface area (Å²) in [7, 11) is -0.981. The molecule has 8 nitrogen and oxygen atoms in total. The second-order valence-corrected chi connectivity index (χ2v) is 10.5. The molecule has 0 unspecified atom stereocenters. The van der Waals surface area contributed by atoms with Gasteiger partial charge in [-0.05, 0) is 55.9 Å². The molecule has 5 aromatic rings. The van der Waals surface area contributed by atoms with Crippen molar-refractivity contribution < 1.29 is 18.7 Å². The van der Waals surface area contributed by atoms with Crippen molar-refractivity contribution in [3.8, 4) is 17.1 Å². The molecule has 0 aliphatic carbocycles. The van der Waals surface area contributed by atoms with E-state index in [1.807, 2.05) is 24.3 Å². The Kier molecular flexibility index (Phi) is 5.32. The Morgan fingerprint density at radius 2 is 1.89 bits per heavy atom. The van der Waals surface area contributed by atoms with Gasteiger partial charge in [-0.15, -0.1) is 0 Å². The van der Waals surface area contributed by atoms with Crippen molar-refractivity contribution in [1.29, 1.82) is 0 Å². The summed E-state index contributed by atoms with van der Waals surface area (Å²) in [5, 5.41) is 19.9. The summed E-state index contributed by atoms with van der Waals surface area (Å²) in [5.74, 6) is 0.219. The van der Waals surface area contributed by atoms with Crippen molar-refractivity contribution in [3.05, 3.63) is 71.9 Å². The molecule has 1 aliphatic rings.